The zero-order valence-corrected chi connectivity index (χ0v) is 19.2. The maximum Gasteiger partial charge on any atom is 0.442 e. The summed E-state index contributed by atoms with van der Waals surface area (Å²) in [6.07, 6.45) is 6.88. The summed E-state index contributed by atoms with van der Waals surface area (Å²) in [4.78, 5) is 28.9. The first-order valence-corrected chi connectivity index (χ1v) is 12.0. The highest BCUT2D eigenvalue weighted by molar-refractivity contribution is 7.93. The molecule has 3 N–H and O–H groups in total. The molecule has 174 valence electrons. The van der Waals surface area contributed by atoms with E-state index in [1.54, 1.807) is 49.8 Å². The molecule has 33 heavy (non-hydrogen) atoms. The highest BCUT2D eigenvalue weighted by Crippen LogP contribution is 2.27. The lowest BCUT2D eigenvalue weighted by molar-refractivity contribution is 0.164. The third kappa shape index (κ3) is 6.43. The van der Waals surface area contributed by atoms with E-state index in [0.717, 1.165) is 5.56 Å². The smallest absolute Gasteiger partial charge is 0.442 e. The first-order valence-electron chi connectivity index (χ1n) is 10.1. The fourth-order valence-corrected chi connectivity index (χ4v) is 3.83. The van der Waals surface area contributed by atoms with Crippen molar-refractivity contribution >= 4 is 33.3 Å². The van der Waals surface area contributed by atoms with E-state index in [1.165, 1.54) is 12.6 Å². The monoisotopic (exact) mass is 471 g/mol. The molecule has 0 radical (unpaired) electrons. The van der Waals surface area contributed by atoms with E-state index in [-0.39, 0.29) is 19.3 Å². The van der Waals surface area contributed by atoms with Gasteiger partial charge in [0, 0.05) is 52.6 Å². The summed E-state index contributed by atoms with van der Waals surface area (Å²) in [6.45, 7) is 3.55. The molecule has 11 nitrogen and oxygen atoms in total. The van der Waals surface area contributed by atoms with Gasteiger partial charge in [0.2, 0.25) is 5.95 Å². The number of rotatable bonds is 8. The number of aliphatic hydroxyl groups is 1. The van der Waals surface area contributed by atoms with Gasteiger partial charge >= 0.3 is 6.09 Å². The Morgan fingerprint density at radius 1 is 1.21 bits per heavy atom. The molecule has 0 aliphatic rings. The summed E-state index contributed by atoms with van der Waals surface area (Å²) in [5.74, 6) is 0.815. The van der Waals surface area contributed by atoms with Gasteiger partial charge in [0.25, 0.3) is 0 Å². The van der Waals surface area contributed by atoms with E-state index in [4.69, 9.17) is 4.74 Å². The molecule has 2 aromatic heterocycles. The summed E-state index contributed by atoms with van der Waals surface area (Å²) in [7, 11) is -2.93. The molecule has 12 heteroatoms. The molecule has 0 bridgehead atoms. The minimum absolute atomic E-state index is 0.0773. The number of nitrogens with one attached hydrogen (secondary N) is 2. The Balaban J connectivity index is 1.85. The summed E-state index contributed by atoms with van der Waals surface area (Å²) >= 11 is 0. The average Bonchev–Trinajstić information content (AvgIpc) is 2.80. The Labute approximate surface area is 191 Å². The highest BCUT2D eigenvalue weighted by Gasteiger charge is 2.14. The SMILES string of the molecule is CCOC(=O)N=S(C)(=O)c1ccc(Nc2ncc(-c3cncnc3)c(N[C@H](C)CO)n2)cc1. The van der Waals surface area contributed by atoms with Gasteiger partial charge in [0.05, 0.1) is 22.9 Å². The highest BCUT2D eigenvalue weighted by atomic mass is 32.2. The molecular formula is C21H25N7O4S. The summed E-state index contributed by atoms with van der Waals surface area (Å²) < 4.78 is 21.1. The quantitative estimate of drug-likeness (QED) is 0.447. The van der Waals surface area contributed by atoms with Gasteiger partial charge in [-0.25, -0.2) is 24.0 Å². The van der Waals surface area contributed by atoms with Crippen LogP contribution in [0.25, 0.3) is 11.1 Å². The summed E-state index contributed by atoms with van der Waals surface area (Å²) in [6, 6.07) is 6.35. The first-order chi connectivity index (χ1) is 15.8. The Kier molecular flexibility index (Phi) is 7.85. The molecule has 0 aliphatic heterocycles. The van der Waals surface area contributed by atoms with Crippen LogP contribution in [0.15, 0.2) is 58.4 Å². The van der Waals surface area contributed by atoms with E-state index < -0.39 is 15.8 Å². The first kappa shape index (κ1) is 24.0. The van der Waals surface area contributed by atoms with Crippen molar-refractivity contribution in [1.82, 2.24) is 19.9 Å². The average molecular weight is 472 g/mol. The third-order valence-electron chi connectivity index (χ3n) is 4.38. The number of anilines is 3. The second kappa shape index (κ2) is 10.8. The van der Waals surface area contributed by atoms with Crippen LogP contribution < -0.4 is 10.6 Å². The molecule has 3 aromatic rings. The standard InChI is InChI=1S/C21H25N7O4S/c1-4-32-21(30)28-33(3,31)17-7-5-16(6-8-17)26-20-24-11-18(15-9-22-13-23-10-15)19(27-20)25-14(2)12-29/h5-11,13-14,29H,4,12H2,1-3H3,(H2,24,25,26,27)/t14-,33?/m1/s1. The Bertz CT molecular complexity index is 1210. The fourth-order valence-electron chi connectivity index (χ4n) is 2.75. The summed E-state index contributed by atoms with van der Waals surface area (Å²) in [5.41, 5.74) is 2.05. The van der Waals surface area contributed by atoms with Gasteiger partial charge in [-0.3, -0.25) is 0 Å². The van der Waals surface area contributed by atoms with Gasteiger partial charge in [-0.2, -0.15) is 4.98 Å². The van der Waals surface area contributed by atoms with Crippen LogP contribution >= 0.6 is 0 Å². The predicted octanol–water partition coefficient (Wildman–Crippen LogP) is 3.08. The van der Waals surface area contributed by atoms with Crippen molar-refractivity contribution in [3.63, 3.8) is 0 Å². The molecular weight excluding hydrogens is 446 g/mol. The van der Waals surface area contributed by atoms with Crippen LogP contribution in [0.1, 0.15) is 13.8 Å². The Morgan fingerprint density at radius 3 is 2.55 bits per heavy atom. The molecule has 3 rings (SSSR count). The third-order valence-corrected chi connectivity index (χ3v) is 6.03. The fraction of sp³-hybridized carbons (Fsp3) is 0.286. The van der Waals surface area contributed by atoms with Gasteiger partial charge in [-0.15, -0.1) is 4.36 Å². The topological polar surface area (TPSA) is 152 Å². The van der Waals surface area contributed by atoms with Gasteiger partial charge in [0.15, 0.2) is 0 Å². The van der Waals surface area contributed by atoms with Crippen molar-refractivity contribution < 1.29 is 18.8 Å². The largest absolute Gasteiger partial charge is 0.448 e. The molecule has 2 atom stereocenters. The number of aromatic nitrogens is 4. The Morgan fingerprint density at radius 2 is 1.91 bits per heavy atom. The minimum atomic E-state index is -2.93. The van der Waals surface area contributed by atoms with Crippen molar-refractivity contribution in [2.45, 2.75) is 24.8 Å². The van der Waals surface area contributed by atoms with Crippen molar-refractivity contribution in [2.24, 2.45) is 4.36 Å². The molecule has 0 saturated heterocycles. The maximum absolute atomic E-state index is 12.7. The van der Waals surface area contributed by atoms with E-state index in [0.29, 0.717) is 27.9 Å². The number of hydrogen-bond donors (Lipinski definition) is 3. The van der Waals surface area contributed by atoms with Gasteiger partial charge in [-0.1, -0.05) is 0 Å². The molecule has 0 fully saturated rings. The zero-order valence-electron chi connectivity index (χ0n) is 18.4. The van der Waals surface area contributed by atoms with Crippen LogP contribution in [0.3, 0.4) is 0 Å². The Hall–Kier alpha value is -3.64. The number of benzene rings is 1. The van der Waals surface area contributed by atoms with Crippen molar-refractivity contribution in [3.05, 3.63) is 49.2 Å². The lowest BCUT2D eigenvalue weighted by atomic mass is 10.1. The lowest BCUT2D eigenvalue weighted by Gasteiger charge is -2.16. The number of amides is 1. The number of ether oxygens (including phenoxy) is 1. The van der Waals surface area contributed by atoms with E-state index in [1.807, 2.05) is 6.92 Å². The van der Waals surface area contributed by atoms with E-state index >= 15 is 0 Å². The molecule has 1 unspecified atom stereocenters. The van der Waals surface area contributed by atoms with Crippen molar-refractivity contribution in [3.8, 4) is 11.1 Å². The van der Waals surface area contributed by atoms with Gasteiger partial charge in [0.1, 0.15) is 12.1 Å². The zero-order chi connectivity index (χ0) is 23.8. The van der Waals surface area contributed by atoms with E-state index in [2.05, 4.69) is 34.9 Å². The molecule has 0 aliphatic carbocycles. The summed E-state index contributed by atoms with van der Waals surface area (Å²) in [5, 5.41) is 15.7. The predicted molar refractivity (Wildman–Crippen MR) is 125 cm³/mol. The molecule has 0 saturated carbocycles. The van der Waals surface area contributed by atoms with Crippen molar-refractivity contribution in [1.29, 1.82) is 0 Å². The second-order valence-electron chi connectivity index (χ2n) is 7.05. The molecule has 1 amide bonds. The number of carbonyl (C=O) groups excluding carboxylic acids is 1. The maximum atomic E-state index is 12.7. The van der Waals surface area contributed by atoms with Crippen LogP contribution in [-0.4, -0.2) is 60.9 Å². The van der Waals surface area contributed by atoms with Crippen LogP contribution in [0.2, 0.25) is 0 Å². The molecule has 0 spiro atoms. The normalized spacial score (nSPS) is 13.5. The number of carbonyl (C=O) groups is 1. The lowest BCUT2D eigenvalue weighted by Crippen LogP contribution is -2.21. The molecule has 1 aromatic carbocycles. The van der Waals surface area contributed by atoms with Gasteiger partial charge < -0.3 is 20.5 Å². The van der Waals surface area contributed by atoms with Crippen molar-refractivity contribution in [2.75, 3.05) is 30.1 Å². The van der Waals surface area contributed by atoms with Crippen LogP contribution in [0.5, 0.6) is 0 Å². The number of hydrogen-bond acceptors (Lipinski definition) is 10. The van der Waals surface area contributed by atoms with Crippen LogP contribution in [0, 0.1) is 0 Å². The van der Waals surface area contributed by atoms with Gasteiger partial charge in [-0.05, 0) is 38.1 Å². The van der Waals surface area contributed by atoms with Crippen LogP contribution in [0.4, 0.5) is 22.2 Å². The number of aliphatic hydroxyl groups excluding tert-OH is 1. The van der Waals surface area contributed by atoms with E-state index in [9.17, 15) is 14.1 Å². The minimum Gasteiger partial charge on any atom is -0.448 e. The number of nitrogens with zero attached hydrogens (tertiary/aromatic N) is 5. The van der Waals surface area contributed by atoms with Crippen LogP contribution in [-0.2, 0) is 14.5 Å². The second-order valence-corrected chi connectivity index (χ2v) is 9.31. The molecule has 2 heterocycles.